The van der Waals surface area contributed by atoms with Gasteiger partial charge in [0.05, 0.1) is 16.9 Å². The first kappa shape index (κ1) is 42.5. The molecule has 0 saturated heterocycles. The van der Waals surface area contributed by atoms with Crippen LogP contribution in [0.1, 0.15) is 88.6 Å². The molecule has 298 valence electrons. The maximum absolute atomic E-state index is 4.20. The minimum Gasteiger partial charge on any atom is -0.337 e. The fraction of sp³-hybridized carbons (Fsp3) is 0.224. The zero-order valence-corrected chi connectivity index (χ0v) is 36.3. The molecule has 1 aliphatic heterocycles. The zero-order valence-electron chi connectivity index (χ0n) is 36.3. The van der Waals surface area contributed by atoms with Crippen molar-refractivity contribution < 1.29 is 0 Å². The van der Waals surface area contributed by atoms with Gasteiger partial charge in [-0.3, -0.25) is 0 Å². The Balaban J connectivity index is 0.000000934. The topological polar surface area (TPSA) is 3.24 Å². The van der Waals surface area contributed by atoms with Gasteiger partial charge in [-0.15, -0.1) is 5.73 Å². The van der Waals surface area contributed by atoms with Crippen molar-refractivity contribution in [3.63, 3.8) is 0 Å². The summed E-state index contributed by atoms with van der Waals surface area (Å²) in [6.07, 6.45) is 32.1. The molecule has 4 aliphatic carbocycles. The number of hydrogen-bond donors (Lipinski definition) is 0. The third-order valence-electron chi connectivity index (χ3n) is 11.8. The minimum atomic E-state index is -0.539. The van der Waals surface area contributed by atoms with Crippen LogP contribution in [-0.2, 0) is 10.8 Å². The van der Waals surface area contributed by atoms with Crippen LogP contribution in [0, 0.1) is 6.92 Å². The van der Waals surface area contributed by atoms with Gasteiger partial charge in [0.25, 0.3) is 0 Å². The minimum absolute atomic E-state index is 0.00807. The normalized spacial score (nSPS) is 22.0. The van der Waals surface area contributed by atoms with Gasteiger partial charge in [0.15, 0.2) is 0 Å². The molecular weight excluding hydrogens is 711 g/mol. The molecule has 0 fully saturated rings. The summed E-state index contributed by atoms with van der Waals surface area (Å²) >= 11 is 0. The van der Waals surface area contributed by atoms with Crippen molar-refractivity contribution in [1.82, 2.24) is 0 Å². The highest BCUT2D eigenvalue weighted by Gasteiger charge is 2.57. The number of benzene rings is 4. The van der Waals surface area contributed by atoms with Crippen LogP contribution in [0.5, 0.6) is 0 Å². The molecule has 59 heavy (non-hydrogen) atoms. The lowest BCUT2D eigenvalue weighted by atomic mass is 9.51. The van der Waals surface area contributed by atoms with E-state index in [2.05, 4.69) is 206 Å². The molecule has 1 unspecified atom stereocenters. The van der Waals surface area contributed by atoms with Crippen molar-refractivity contribution in [2.75, 3.05) is 4.90 Å². The van der Waals surface area contributed by atoms with Gasteiger partial charge in [0, 0.05) is 17.5 Å². The summed E-state index contributed by atoms with van der Waals surface area (Å²) < 4.78 is 0. The Morgan fingerprint density at radius 3 is 1.93 bits per heavy atom. The summed E-state index contributed by atoms with van der Waals surface area (Å²) in [5, 5.41) is 0. The van der Waals surface area contributed by atoms with Crippen LogP contribution >= 0.6 is 0 Å². The van der Waals surface area contributed by atoms with E-state index in [4.69, 9.17) is 0 Å². The molecule has 0 spiro atoms. The number of nitrogens with zero attached hydrogens (tertiary/aromatic N) is 1. The van der Waals surface area contributed by atoms with Gasteiger partial charge >= 0.3 is 0 Å². The monoisotopic (exact) mass is 771 g/mol. The molecule has 9 rings (SSSR count). The molecule has 0 amide bonds. The number of allylic oxidation sites excluding steroid dienone is 15. The summed E-state index contributed by atoms with van der Waals surface area (Å²) in [6, 6.07) is 40.3. The number of para-hydroxylation sites is 1. The number of aryl methyl sites for hydroxylation is 1. The van der Waals surface area contributed by atoms with E-state index in [9.17, 15) is 0 Å². The Morgan fingerprint density at radius 2 is 1.31 bits per heavy atom. The van der Waals surface area contributed by atoms with Crippen molar-refractivity contribution in [2.24, 2.45) is 0 Å². The fourth-order valence-electron chi connectivity index (χ4n) is 9.75. The van der Waals surface area contributed by atoms with E-state index in [1.54, 1.807) is 0 Å². The molecule has 1 heterocycles. The highest BCUT2D eigenvalue weighted by atomic mass is 15.1. The number of rotatable bonds is 8. The van der Waals surface area contributed by atoms with E-state index in [-0.39, 0.29) is 11.5 Å². The van der Waals surface area contributed by atoms with Crippen LogP contribution in [0.2, 0.25) is 0 Å². The molecule has 0 radical (unpaired) electrons. The molecular formula is C58H61N. The Hall–Kier alpha value is -6.14. The van der Waals surface area contributed by atoms with Crippen molar-refractivity contribution in [1.29, 1.82) is 0 Å². The molecule has 0 saturated carbocycles. The van der Waals surface area contributed by atoms with Crippen molar-refractivity contribution >= 4 is 11.3 Å². The van der Waals surface area contributed by atoms with E-state index in [1.807, 2.05) is 47.6 Å². The lowest BCUT2D eigenvalue weighted by Gasteiger charge is -2.50. The molecule has 5 aliphatic rings. The highest BCUT2D eigenvalue weighted by Crippen LogP contribution is 2.65. The van der Waals surface area contributed by atoms with Crippen molar-refractivity contribution in [3.8, 4) is 0 Å². The molecule has 0 bridgehead atoms. The second-order valence-electron chi connectivity index (χ2n) is 14.4. The lowest BCUT2D eigenvalue weighted by molar-refractivity contribution is 0.591. The molecule has 1 heteroatoms. The first-order chi connectivity index (χ1) is 29.2. The summed E-state index contributed by atoms with van der Waals surface area (Å²) in [5.41, 5.74) is 18.5. The van der Waals surface area contributed by atoms with Crippen LogP contribution in [0.3, 0.4) is 0 Å². The van der Waals surface area contributed by atoms with Gasteiger partial charge in [-0.2, -0.15) is 0 Å². The van der Waals surface area contributed by atoms with Crippen LogP contribution in [-0.4, -0.2) is 6.04 Å². The van der Waals surface area contributed by atoms with Gasteiger partial charge in [-0.1, -0.05) is 200 Å². The standard InChI is InChI=1S/C52H43N.3C2H6/c1-3-20-44(50-35-11-6-16-36-53(50)43-28-9-5-10-29-43)39-22-17-27-42(37-39)51(40-25-13-14-26-40)46-31-18-33-48(46)52(41-23-7-4-8-24-41,49-34-19-32-47(49)51)45-30-15-12-21-38(45)2;3*1-2/h3-5,7-25,27-32,35-37,50H,1,6,33-34H2,2H3;3*1-2H3/b44-20-;;;. The summed E-state index contributed by atoms with van der Waals surface area (Å²) in [6.45, 7) is 18.5. The molecule has 1 nitrogen and oxygen atoms in total. The number of hydrogen-bond acceptors (Lipinski definition) is 1. The Labute approximate surface area is 355 Å². The highest BCUT2D eigenvalue weighted by molar-refractivity contribution is 5.82. The van der Waals surface area contributed by atoms with Gasteiger partial charge < -0.3 is 4.90 Å². The third kappa shape index (κ3) is 7.30. The zero-order chi connectivity index (χ0) is 41.8. The van der Waals surface area contributed by atoms with E-state index in [0.29, 0.717) is 0 Å². The van der Waals surface area contributed by atoms with Crippen molar-refractivity contribution in [3.05, 3.63) is 256 Å². The average molecular weight is 772 g/mol. The SMILES string of the molecule is C=C/C=C(/c1cccc(C2(C3=C=CC=C3)C3=C(CC=C3)C(c3ccccc3)(c3ccccc3C)C3=C2C=CC3)c1)C1C=CCC=CN1c1ccccc1.CC.CC.CC. The van der Waals surface area contributed by atoms with E-state index >= 15 is 0 Å². The summed E-state index contributed by atoms with van der Waals surface area (Å²) in [5.74, 6) is 0. The molecule has 4 aromatic rings. The van der Waals surface area contributed by atoms with E-state index in [0.717, 1.165) is 24.9 Å². The molecule has 0 N–H and O–H groups in total. The average Bonchev–Trinajstić information content (AvgIpc) is 4.11. The number of anilines is 1. The maximum atomic E-state index is 4.20. The largest absolute Gasteiger partial charge is 0.337 e. The third-order valence-corrected chi connectivity index (χ3v) is 11.8. The lowest BCUT2D eigenvalue weighted by Crippen LogP contribution is -2.44. The van der Waals surface area contributed by atoms with Gasteiger partial charge in [0.2, 0.25) is 0 Å². The van der Waals surface area contributed by atoms with Gasteiger partial charge in [0.1, 0.15) is 0 Å². The Kier molecular flexibility index (Phi) is 14.1. The van der Waals surface area contributed by atoms with Crippen LogP contribution < -0.4 is 4.90 Å². The first-order valence-electron chi connectivity index (χ1n) is 21.9. The summed E-state index contributed by atoms with van der Waals surface area (Å²) in [4.78, 5) is 2.38. The summed E-state index contributed by atoms with van der Waals surface area (Å²) in [7, 11) is 0. The first-order valence-corrected chi connectivity index (χ1v) is 21.9. The molecule has 0 aromatic heterocycles. The molecule has 1 atom stereocenters. The van der Waals surface area contributed by atoms with Gasteiger partial charge in [-0.25, -0.2) is 0 Å². The van der Waals surface area contributed by atoms with Crippen LogP contribution in [0.15, 0.2) is 228 Å². The van der Waals surface area contributed by atoms with Crippen LogP contribution in [0.25, 0.3) is 5.57 Å². The van der Waals surface area contributed by atoms with Crippen LogP contribution in [0.4, 0.5) is 5.69 Å². The fourth-order valence-corrected chi connectivity index (χ4v) is 9.75. The quantitative estimate of drug-likeness (QED) is 0.0980. The van der Waals surface area contributed by atoms with E-state index in [1.165, 1.54) is 61.3 Å². The second-order valence-corrected chi connectivity index (χ2v) is 14.4. The van der Waals surface area contributed by atoms with Gasteiger partial charge in [-0.05, 0) is 112 Å². The van der Waals surface area contributed by atoms with Crippen molar-refractivity contribution in [2.45, 2.75) is 84.6 Å². The Bertz CT molecular complexity index is 2390. The predicted octanol–water partition coefficient (Wildman–Crippen LogP) is 15.4. The van der Waals surface area contributed by atoms with E-state index < -0.39 is 5.41 Å². The molecule has 4 aromatic carbocycles. The maximum Gasteiger partial charge on any atom is 0.0775 e. The smallest absolute Gasteiger partial charge is 0.0775 e. The predicted molar refractivity (Wildman–Crippen MR) is 257 cm³/mol. The second kappa shape index (κ2) is 19.5. The Morgan fingerprint density at radius 1 is 0.678 bits per heavy atom.